The van der Waals surface area contributed by atoms with Crippen LogP contribution in [0.15, 0.2) is 34.8 Å². The van der Waals surface area contributed by atoms with Crippen LogP contribution in [0.3, 0.4) is 0 Å². The van der Waals surface area contributed by atoms with Crippen LogP contribution in [0.1, 0.15) is 29.7 Å². The molecule has 1 nitrogen and oxygen atoms in total. The van der Waals surface area contributed by atoms with Crippen LogP contribution in [0.25, 0.3) is 0 Å². The van der Waals surface area contributed by atoms with Crippen LogP contribution in [0.2, 0.25) is 0 Å². The summed E-state index contributed by atoms with van der Waals surface area (Å²) in [6.07, 6.45) is 0. The summed E-state index contributed by atoms with van der Waals surface area (Å²) in [6, 6.07) is 6.20. The Morgan fingerprint density at radius 1 is 1.10 bits per heavy atom. The second-order valence-corrected chi connectivity index (χ2v) is 5.64. The van der Waals surface area contributed by atoms with E-state index in [1.807, 2.05) is 26.0 Å². The van der Waals surface area contributed by atoms with Crippen molar-refractivity contribution < 1.29 is 13.2 Å². The number of rotatable bonds is 4. The molecule has 2 rings (SSSR count). The lowest BCUT2D eigenvalue weighted by atomic mass is 9.96. The molecule has 0 aliphatic carbocycles. The molecular formula is C16H15BrF3N. The minimum absolute atomic E-state index is 0.172. The van der Waals surface area contributed by atoms with E-state index in [1.165, 1.54) is 0 Å². The minimum Gasteiger partial charge on any atom is -0.306 e. The fourth-order valence-electron chi connectivity index (χ4n) is 2.21. The van der Waals surface area contributed by atoms with E-state index in [2.05, 4.69) is 21.2 Å². The van der Waals surface area contributed by atoms with Gasteiger partial charge in [-0.25, -0.2) is 13.2 Å². The Labute approximate surface area is 130 Å². The van der Waals surface area contributed by atoms with Gasteiger partial charge in [-0.3, -0.25) is 0 Å². The molecule has 0 radical (unpaired) electrons. The summed E-state index contributed by atoms with van der Waals surface area (Å²) in [6.45, 7) is 4.29. The first kappa shape index (κ1) is 16.0. The van der Waals surface area contributed by atoms with Gasteiger partial charge in [0.2, 0.25) is 0 Å². The molecule has 1 unspecified atom stereocenters. The fraction of sp³-hybridized carbons (Fsp3) is 0.250. The summed E-state index contributed by atoms with van der Waals surface area (Å²) in [7, 11) is 0. The molecule has 0 bridgehead atoms. The molecule has 0 fully saturated rings. The molecule has 21 heavy (non-hydrogen) atoms. The van der Waals surface area contributed by atoms with Crippen LogP contribution in [0.5, 0.6) is 0 Å². The van der Waals surface area contributed by atoms with Crippen molar-refractivity contribution in [1.82, 2.24) is 5.32 Å². The van der Waals surface area contributed by atoms with Gasteiger partial charge in [0.15, 0.2) is 0 Å². The molecule has 1 atom stereocenters. The van der Waals surface area contributed by atoms with Crippen LogP contribution in [0, 0.1) is 24.4 Å². The minimum atomic E-state index is -0.922. The summed E-state index contributed by atoms with van der Waals surface area (Å²) < 4.78 is 42.0. The zero-order chi connectivity index (χ0) is 15.6. The maximum atomic E-state index is 14.0. The Kier molecular flexibility index (Phi) is 5.06. The van der Waals surface area contributed by atoms with Crippen molar-refractivity contribution >= 4 is 15.9 Å². The zero-order valence-electron chi connectivity index (χ0n) is 11.7. The molecule has 2 aromatic rings. The van der Waals surface area contributed by atoms with Crippen molar-refractivity contribution in [2.75, 3.05) is 6.54 Å². The van der Waals surface area contributed by atoms with E-state index in [4.69, 9.17) is 0 Å². The van der Waals surface area contributed by atoms with E-state index in [9.17, 15) is 13.2 Å². The van der Waals surface area contributed by atoms with Crippen molar-refractivity contribution in [2.24, 2.45) is 0 Å². The average Bonchev–Trinajstić information content (AvgIpc) is 2.40. The Morgan fingerprint density at radius 3 is 2.24 bits per heavy atom. The van der Waals surface area contributed by atoms with Crippen LogP contribution < -0.4 is 5.32 Å². The molecule has 0 amide bonds. The highest BCUT2D eigenvalue weighted by Gasteiger charge is 2.22. The second-order valence-electron chi connectivity index (χ2n) is 4.78. The number of hydrogen-bond acceptors (Lipinski definition) is 1. The van der Waals surface area contributed by atoms with Crippen molar-refractivity contribution in [3.05, 3.63) is 68.9 Å². The standard InChI is InChI=1S/C16H15BrF3N/c1-3-21-16(10-5-4-9(2)12(17)6-10)15-13(19)7-11(18)8-14(15)20/h4-8,16,21H,3H2,1-2H3. The summed E-state index contributed by atoms with van der Waals surface area (Å²) in [5.41, 5.74) is 1.56. The lowest BCUT2D eigenvalue weighted by Gasteiger charge is -2.21. The highest BCUT2D eigenvalue weighted by atomic mass is 79.9. The van der Waals surface area contributed by atoms with E-state index in [1.54, 1.807) is 6.07 Å². The first-order valence-electron chi connectivity index (χ1n) is 6.58. The van der Waals surface area contributed by atoms with Crippen LogP contribution >= 0.6 is 15.9 Å². The van der Waals surface area contributed by atoms with Crippen LogP contribution in [-0.4, -0.2) is 6.54 Å². The number of nitrogens with one attached hydrogen (secondary N) is 1. The first-order valence-corrected chi connectivity index (χ1v) is 7.37. The predicted octanol–water partition coefficient (Wildman–Crippen LogP) is 4.87. The van der Waals surface area contributed by atoms with Crippen molar-refractivity contribution in [3.8, 4) is 0 Å². The molecule has 0 saturated carbocycles. The Balaban J connectivity index is 2.55. The molecule has 0 heterocycles. The van der Waals surface area contributed by atoms with E-state index in [-0.39, 0.29) is 5.56 Å². The summed E-state index contributed by atoms with van der Waals surface area (Å²) in [5, 5.41) is 3.04. The van der Waals surface area contributed by atoms with Gasteiger partial charge in [0, 0.05) is 22.2 Å². The molecule has 0 aliphatic heterocycles. The number of aryl methyl sites for hydroxylation is 1. The number of halogens is 4. The van der Waals surface area contributed by atoms with E-state index >= 15 is 0 Å². The van der Waals surface area contributed by atoms with Crippen LogP contribution in [-0.2, 0) is 0 Å². The smallest absolute Gasteiger partial charge is 0.134 e. The molecule has 0 spiro atoms. The maximum absolute atomic E-state index is 14.0. The lowest BCUT2D eigenvalue weighted by Crippen LogP contribution is -2.24. The Bertz CT molecular complexity index is 635. The van der Waals surface area contributed by atoms with Gasteiger partial charge in [0.25, 0.3) is 0 Å². The summed E-state index contributed by atoms with van der Waals surface area (Å²) in [5.74, 6) is -2.71. The highest BCUT2D eigenvalue weighted by Crippen LogP contribution is 2.30. The largest absolute Gasteiger partial charge is 0.306 e. The third kappa shape index (κ3) is 3.47. The topological polar surface area (TPSA) is 12.0 Å². The van der Waals surface area contributed by atoms with Gasteiger partial charge >= 0.3 is 0 Å². The monoisotopic (exact) mass is 357 g/mol. The van der Waals surface area contributed by atoms with Gasteiger partial charge in [0.05, 0.1) is 6.04 Å². The van der Waals surface area contributed by atoms with Gasteiger partial charge in [-0.1, -0.05) is 35.0 Å². The quantitative estimate of drug-likeness (QED) is 0.822. The van der Waals surface area contributed by atoms with E-state index in [0.29, 0.717) is 24.2 Å². The van der Waals surface area contributed by atoms with E-state index in [0.717, 1.165) is 10.0 Å². The van der Waals surface area contributed by atoms with Crippen LogP contribution in [0.4, 0.5) is 13.2 Å². The molecule has 0 aliphatic rings. The SMILES string of the molecule is CCNC(c1ccc(C)c(Br)c1)c1c(F)cc(F)cc1F. The molecule has 0 saturated heterocycles. The summed E-state index contributed by atoms with van der Waals surface area (Å²) in [4.78, 5) is 0. The molecular weight excluding hydrogens is 343 g/mol. The van der Waals surface area contributed by atoms with Gasteiger partial charge < -0.3 is 5.32 Å². The second kappa shape index (κ2) is 6.62. The third-order valence-electron chi connectivity index (χ3n) is 3.27. The van der Waals surface area contributed by atoms with Crippen molar-refractivity contribution in [3.63, 3.8) is 0 Å². The first-order chi connectivity index (χ1) is 9.93. The van der Waals surface area contributed by atoms with Crippen molar-refractivity contribution in [2.45, 2.75) is 19.9 Å². The molecule has 2 aromatic carbocycles. The predicted molar refractivity (Wildman–Crippen MR) is 80.7 cm³/mol. The fourth-order valence-corrected chi connectivity index (χ4v) is 2.61. The van der Waals surface area contributed by atoms with Gasteiger partial charge in [-0.2, -0.15) is 0 Å². The lowest BCUT2D eigenvalue weighted by molar-refractivity contribution is 0.492. The Hall–Kier alpha value is -1.33. The molecule has 5 heteroatoms. The van der Waals surface area contributed by atoms with Gasteiger partial charge in [-0.05, 0) is 30.7 Å². The molecule has 1 N–H and O–H groups in total. The summed E-state index contributed by atoms with van der Waals surface area (Å²) >= 11 is 3.41. The number of benzene rings is 2. The molecule has 112 valence electrons. The zero-order valence-corrected chi connectivity index (χ0v) is 13.3. The number of hydrogen-bond donors (Lipinski definition) is 1. The van der Waals surface area contributed by atoms with Gasteiger partial charge in [-0.15, -0.1) is 0 Å². The van der Waals surface area contributed by atoms with E-state index < -0.39 is 23.5 Å². The highest BCUT2D eigenvalue weighted by molar-refractivity contribution is 9.10. The third-order valence-corrected chi connectivity index (χ3v) is 4.12. The normalized spacial score (nSPS) is 12.5. The molecule has 0 aromatic heterocycles. The maximum Gasteiger partial charge on any atom is 0.134 e. The van der Waals surface area contributed by atoms with Crippen molar-refractivity contribution in [1.29, 1.82) is 0 Å². The van der Waals surface area contributed by atoms with Gasteiger partial charge in [0.1, 0.15) is 17.5 Å². The average molecular weight is 358 g/mol. The Morgan fingerprint density at radius 2 is 1.71 bits per heavy atom.